The normalized spacial score (nSPS) is 20.1. The van der Waals surface area contributed by atoms with Gasteiger partial charge >= 0.3 is 7.32 Å². The smallest absolute Gasteiger partial charge is 0.485 e. The Morgan fingerprint density at radius 2 is 1.45 bits per heavy atom. The van der Waals surface area contributed by atoms with Crippen LogP contribution in [0.4, 0.5) is 0 Å². The molecule has 0 atom stereocenters. The highest BCUT2D eigenvalue weighted by atomic mass is 16.8. The number of hydrogen-bond donors (Lipinski definition) is 0. The van der Waals surface area contributed by atoms with Crippen LogP contribution in [0.5, 0.6) is 0 Å². The Morgan fingerprint density at radius 1 is 0.950 bits per heavy atom. The van der Waals surface area contributed by atoms with Gasteiger partial charge in [0.1, 0.15) is 0 Å². The van der Waals surface area contributed by atoms with Gasteiger partial charge in [0.2, 0.25) is 0 Å². The summed E-state index contributed by atoms with van der Waals surface area (Å²) in [7, 11) is -0.868. The summed E-state index contributed by atoms with van der Waals surface area (Å²) in [5, 5.41) is 0. The summed E-state index contributed by atoms with van der Waals surface area (Å²) in [4.78, 5) is 11.7. The molecule has 0 aromatic heterocycles. The van der Waals surface area contributed by atoms with Crippen molar-refractivity contribution in [3.05, 3.63) is 0 Å². The lowest BCUT2D eigenvalue weighted by Gasteiger charge is -2.31. The van der Waals surface area contributed by atoms with Gasteiger partial charge < -0.3 is 14.0 Å². The van der Waals surface area contributed by atoms with Crippen LogP contribution in [0.1, 0.15) is 79.6 Å². The number of unbranched alkanes of at least 4 members (excludes halogenated alkanes) is 5. The second-order valence-electron chi connectivity index (χ2n) is 6.55. The van der Waals surface area contributed by atoms with E-state index in [0.29, 0.717) is 6.42 Å². The predicted molar refractivity (Wildman–Crippen MR) is 80.2 cm³/mol. The summed E-state index contributed by atoms with van der Waals surface area (Å²) in [6.45, 7) is 9.95. The van der Waals surface area contributed by atoms with Crippen LogP contribution in [-0.2, 0) is 18.8 Å². The highest BCUT2D eigenvalue weighted by Gasteiger charge is 2.54. The molecule has 1 fully saturated rings. The SMILES string of the molecule is CCCCCCCCC(=O)OB1OC(C)(C)C(C)(C)O1. The van der Waals surface area contributed by atoms with Gasteiger partial charge in [-0.15, -0.1) is 0 Å². The molecule has 1 heterocycles. The predicted octanol–water partition coefficient (Wildman–Crippen LogP) is 3.87. The van der Waals surface area contributed by atoms with E-state index in [9.17, 15) is 4.79 Å². The Morgan fingerprint density at radius 3 is 2.00 bits per heavy atom. The van der Waals surface area contributed by atoms with Gasteiger partial charge in [-0.25, -0.2) is 0 Å². The third kappa shape index (κ3) is 5.10. The summed E-state index contributed by atoms with van der Waals surface area (Å²) in [6, 6.07) is 0. The molecule has 4 nitrogen and oxygen atoms in total. The van der Waals surface area contributed by atoms with Crippen LogP contribution in [0.2, 0.25) is 0 Å². The van der Waals surface area contributed by atoms with Crippen molar-refractivity contribution in [2.24, 2.45) is 0 Å². The van der Waals surface area contributed by atoms with Gasteiger partial charge in [0.15, 0.2) is 0 Å². The molecule has 5 heteroatoms. The zero-order valence-corrected chi connectivity index (χ0v) is 13.7. The van der Waals surface area contributed by atoms with Crippen molar-refractivity contribution < 1.29 is 18.8 Å². The van der Waals surface area contributed by atoms with E-state index in [-0.39, 0.29) is 5.97 Å². The summed E-state index contributed by atoms with van der Waals surface area (Å²) in [5.41, 5.74) is -0.920. The standard InChI is InChI=1S/C15H29BO4/c1-6-7-8-9-10-11-12-13(17)18-16-19-14(2,3)15(4,5)20-16/h6-12H2,1-5H3. The van der Waals surface area contributed by atoms with Gasteiger partial charge in [0, 0.05) is 6.42 Å². The molecule has 0 amide bonds. The zero-order valence-electron chi connectivity index (χ0n) is 13.7. The van der Waals surface area contributed by atoms with E-state index < -0.39 is 18.5 Å². The average molecular weight is 284 g/mol. The maximum atomic E-state index is 11.7. The number of hydrogen-bond acceptors (Lipinski definition) is 4. The Balaban J connectivity index is 2.18. The van der Waals surface area contributed by atoms with Gasteiger partial charge in [-0.05, 0) is 34.1 Å². The van der Waals surface area contributed by atoms with Crippen molar-refractivity contribution in [1.29, 1.82) is 0 Å². The molecule has 116 valence electrons. The number of carbonyl (C=O) groups excluding carboxylic acids is 1. The van der Waals surface area contributed by atoms with Crippen LogP contribution in [0.25, 0.3) is 0 Å². The van der Waals surface area contributed by atoms with E-state index in [1.54, 1.807) is 0 Å². The molecule has 0 aromatic carbocycles. The zero-order chi connectivity index (χ0) is 15.2. The molecule has 1 aliphatic rings. The Bertz CT molecular complexity index is 299. The summed E-state index contributed by atoms with van der Waals surface area (Å²) < 4.78 is 16.5. The monoisotopic (exact) mass is 284 g/mol. The first-order valence-electron chi connectivity index (χ1n) is 7.83. The fourth-order valence-corrected chi connectivity index (χ4v) is 2.05. The van der Waals surface area contributed by atoms with Crippen molar-refractivity contribution in [1.82, 2.24) is 0 Å². The first-order valence-corrected chi connectivity index (χ1v) is 7.83. The highest BCUT2D eigenvalue weighted by Crippen LogP contribution is 2.36. The van der Waals surface area contributed by atoms with E-state index in [1.165, 1.54) is 25.7 Å². The van der Waals surface area contributed by atoms with Crippen LogP contribution >= 0.6 is 0 Å². The average Bonchev–Trinajstić information content (AvgIpc) is 2.51. The van der Waals surface area contributed by atoms with Gasteiger partial charge in [-0.3, -0.25) is 4.79 Å². The molecule has 0 spiro atoms. The molecule has 0 unspecified atom stereocenters. The number of carbonyl (C=O) groups is 1. The lowest BCUT2D eigenvalue weighted by Crippen LogP contribution is -2.41. The summed E-state index contributed by atoms with van der Waals surface area (Å²) >= 11 is 0. The minimum absolute atomic E-state index is 0.237. The van der Waals surface area contributed by atoms with Gasteiger partial charge in [-0.1, -0.05) is 39.0 Å². The highest BCUT2D eigenvalue weighted by molar-refractivity contribution is 6.40. The molecule has 0 radical (unpaired) electrons. The van der Waals surface area contributed by atoms with E-state index in [1.807, 2.05) is 27.7 Å². The van der Waals surface area contributed by atoms with Crippen LogP contribution in [-0.4, -0.2) is 24.5 Å². The largest absolute Gasteiger partial charge is 0.716 e. The van der Waals surface area contributed by atoms with Gasteiger partial charge in [0.25, 0.3) is 5.97 Å². The fourth-order valence-electron chi connectivity index (χ4n) is 2.05. The van der Waals surface area contributed by atoms with E-state index in [2.05, 4.69) is 6.92 Å². The topological polar surface area (TPSA) is 44.8 Å². The second-order valence-corrected chi connectivity index (χ2v) is 6.55. The minimum Gasteiger partial charge on any atom is -0.485 e. The molecule has 20 heavy (non-hydrogen) atoms. The van der Waals surface area contributed by atoms with Crippen molar-refractivity contribution in [2.45, 2.75) is 90.8 Å². The maximum Gasteiger partial charge on any atom is 0.716 e. The maximum absolute atomic E-state index is 11.7. The van der Waals surface area contributed by atoms with Gasteiger partial charge in [0.05, 0.1) is 11.2 Å². The molecule has 1 saturated heterocycles. The fraction of sp³-hybridized carbons (Fsp3) is 0.933. The molecular formula is C15H29BO4. The molecular weight excluding hydrogens is 255 g/mol. The van der Waals surface area contributed by atoms with Crippen molar-refractivity contribution in [3.63, 3.8) is 0 Å². The van der Waals surface area contributed by atoms with Crippen LogP contribution < -0.4 is 0 Å². The quantitative estimate of drug-likeness (QED) is 0.501. The van der Waals surface area contributed by atoms with Crippen molar-refractivity contribution >= 4 is 13.3 Å². The molecule has 0 bridgehead atoms. The molecule has 1 aliphatic heterocycles. The van der Waals surface area contributed by atoms with Gasteiger partial charge in [-0.2, -0.15) is 0 Å². The lowest BCUT2D eigenvalue weighted by atomic mass is 9.90. The van der Waals surface area contributed by atoms with Crippen molar-refractivity contribution in [2.75, 3.05) is 0 Å². The first kappa shape index (κ1) is 17.5. The Hall–Kier alpha value is -0.545. The van der Waals surface area contributed by atoms with E-state index in [4.69, 9.17) is 14.0 Å². The number of rotatable bonds is 8. The first-order chi connectivity index (χ1) is 9.28. The molecule has 1 rings (SSSR count). The lowest BCUT2D eigenvalue weighted by molar-refractivity contribution is -0.137. The second kappa shape index (κ2) is 7.46. The van der Waals surface area contributed by atoms with Crippen molar-refractivity contribution in [3.8, 4) is 0 Å². The van der Waals surface area contributed by atoms with Crippen LogP contribution in [0.15, 0.2) is 0 Å². The van der Waals surface area contributed by atoms with E-state index in [0.717, 1.165) is 12.8 Å². The Labute approximate surface area is 123 Å². The molecule has 0 aliphatic carbocycles. The van der Waals surface area contributed by atoms with E-state index >= 15 is 0 Å². The summed E-state index contributed by atoms with van der Waals surface area (Å²) in [5.74, 6) is -0.237. The third-order valence-corrected chi connectivity index (χ3v) is 4.19. The third-order valence-electron chi connectivity index (χ3n) is 4.19. The van der Waals surface area contributed by atoms with Crippen LogP contribution in [0, 0.1) is 0 Å². The molecule has 0 N–H and O–H groups in total. The molecule has 0 saturated carbocycles. The van der Waals surface area contributed by atoms with Crippen LogP contribution in [0.3, 0.4) is 0 Å². The molecule has 0 aromatic rings. The minimum atomic E-state index is -0.868. The Kier molecular flexibility index (Phi) is 6.53. The summed E-state index contributed by atoms with van der Waals surface area (Å²) in [6.07, 6.45) is 7.36.